The zero-order chi connectivity index (χ0) is 25.4. The molecule has 5 rings (SSSR count). The number of pyridine rings is 1. The topological polar surface area (TPSA) is 42.3 Å². The first-order valence-electron chi connectivity index (χ1n) is 12.4. The molecule has 0 amide bonds. The first kappa shape index (κ1) is 24.1. The first-order chi connectivity index (χ1) is 17.4. The molecule has 4 aromatic rings. The Hall–Kier alpha value is -3.64. The number of aryl methyl sites for hydroxylation is 3. The number of hydrogen-bond donors (Lipinski definition) is 1. The van der Waals surface area contributed by atoms with Gasteiger partial charge in [-0.1, -0.05) is 18.2 Å². The summed E-state index contributed by atoms with van der Waals surface area (Å²) in [6, 6.07) is 23.0. The van der Waals surface area contributed by atoms with E-state index in [9.17, 15) is 0 Å². The summed E-state index contributed by atoms with van der Waals surface area (Å²) in [5, 5.41) is 4.27. The highest BCUT2D eigenvalue weighted by molar-refractivity contribution is 7.80. The predicted octanol–water partition coefficient (Wildman–Crippen LogP) is 6.68. The molecule has 0 bridgehead atoms. The molecule has 1 aliphatic rings. The number of benzene rings is 2. The average Bonchev–Trinajstić information content (AvgIpc) is 3.37. The van der Waals surface area contributed by atoms with Crippen LogP contribution in [0.5, 0.6) is 5.75 Å². The third-order valence-electron chi connectivity index (χ3n) is 6.92. The van der Waals surface area contributed by atoms with Gasteiger partial charge < -0.3 is 19.5 Å². The molecule has 1 fully saturated rings. The Labute approximate surface area is 218 Å². The molecule has 0 spiro atoms. The lowest BCUT2D eigenvalue weighted by Crippen LogP contribution is -2.29. The van der Waals surface area contributed by atoms with Crippen LogP contribution in [0, 0.1) is 27.7 Å². The molecular weight excluding hydrogens is 464 g/mol. The van der Waals surface area contributed by atoms with Crippen LogP contribution < -0.4 is 15.0 Å². The molecular formula is C30H32N4OS. The van der Waals surface area contributed by atoms with E-state index < -0.39 is 0 Å². The lowest BCUT2D eigenvalue weighted by Gasteiger charge is -2.28. The fourth-order valence-electron chi connectivity index (χ4n) is 5.24. The Morgan fingerprint density at radius 1 is 0.972 bits per heavy atom. The summed E-state index contributed by atoms with van der Waals surface area (Å²) in [4.78, 5) is 6.93. The van der Waals surface area contributed by atoms with Crippen LogP contribution in [0.2, 0.25) is 0 Å². The number of hydrogen-bond acceptors (Lipinski definition) is 3. The van der Waals surface area contributed by atoms with Crippen molar-refractivity contribution in [3.63, 3.8) is 0 Å². The minimum Gasteiger partial charge on any atom is -0.494 e. The summed E-state index contributed by atoms with van der Waals surface area (Å²) in [6.07, 6.45) is 1.84. The van der Waals surface area contributed by atoms with Crippen molar-refractivity contribution in [2.24, 2.45) is 0 Å². The number of nitrogens with one attached hydrogen (secondary N) is 1. The number of thiocarbonyl (C=S) groups is 1. The molecule has 0 aliphatic carbocycles. The van der Waals surface area contributed by atoms with E-state index in [4.69, 9.17) is 21.9 Å². The highest BCUT2D eigenvalue weighted by atomic mass is 32.1. The molecule has 0 saturated carbocycles. The maximum Gasteiger partial charge on any atom is 0.174 e. The van der Waals surface area contributed by atoms with E-state index in [1.807, 2.05) is 37.4 Å². The van der Waals surface area contributed by atoms with Gasteiger partial charge in [0.2, 0.25) is 0 Å². The number of aromatic nitrogens is 2. The van der Waals surface area contributed by atoms with E-state index in [-0.39, 0.29) is 12.1 Å². The third-order valence-corrected chi connectivity index (χ3v) is 7.23. The number of rotatable bonds is 6. The van der Waals surface area contributed by atoms with E-state index in [1.54, 1.807) is 0 Å². The number of anilines is 1. The van der Waals surface area contributed by atoms with Crippen molar-refractivity contribution in [1.82, 2.24) is 14.9 Å². The minimum atomic E-state index is -0.0853. The second-order valence-corrected chi connectivity index (χ2v) is 9.76. The standard InChI is InChI=1S/C30H32N4OS/c1-6-35-24-14-12-23(13-15-24)34-29(28(32-30(34)36)26-9-7-8-16-31-26)25-18-21(4)33(22(25)5)27-17-19(2)10-11-20(27)3/h7-18,28-29H,6H2,1-5H3,(H,32,36)/t28-,29-/m1/s1. The molecule has 3 heterocycles. The Kier molecular flexibility index (Phi) is 6.54. The quantitative estimate of drug-likeness (QED) is 0.302. The van der Waals surface area contributed by atoms with Gasteiger partial charge in [0.1, 0.15) is 5.75 Å². The molecule has 6 heteroatoms. The zero-order valence-electron chi connectivity index (χ0n) is 21.4. The molecule has 1 aliphatic heterocycles. The van der Waals surface area contributed by atoms with Crippen molar-refractivity contribution in [1.29, 1.82) is 0 Å². The molecule has 1 saturated heterocycles. The fraction of sp³-hybridized carbons (Fsp3) is 0.267. The van der Waals surface area contributed by atoms with E-state index in [0.29, 0.717) is 11.7 Å². The van der Waals surface area contributed by atoms with Gasteiger partial charge in [0.15, 0.2) is 5.11 Å². The summed E-state index contributed by atoms with van der Waals surface area (Å²) in [7, 11) is 0. The van der Waals surface area contributed by atoms with Gasteiger partial charge in [0.05, 0.1) is 24.4 Å². The van der Waals surface area contributed by atoms with Crippen LogP contribution in [0.1, 0.15) is 52.8 Å². The van der Waals surface area contributed by atoms with Crippen molar-refractivity contribution in [3.8, 4) is 11.4 Å². The van der Waals surface area contributed by atoms with Crippen LogP contribution in [-0.2, 0) is 0 Å². The monoisotopic (exact) mass is 496 g/mol. The Morgan fingerprint density at radius 2 is 1.75 bits per heavy atom. The molecule has 2 atom stereocenters. The molecule has 36 heavy (non-hydrogen) atoms. The van der Waals surface area contributed by atoms with Gasteiger partial charge in [-0.2, -0.15) is 0 Å². The van der Waals surface area contributed by atoms with E-state index >= 15 is 0 Å². The van der Waals surface area contributed by atoms with Crippen molar-refractivity contribution >= 4 is 23.0 Å². The molecule has 184 valence electrons. The Balaban J connectivity index is 1.66. The van der Waals surface area contributed by atoms with E-state index in [0.717, 1.165) is 17.1 Å². The number of ether oxygens (including phenoxy) is 1. The summed E-state index contributed by atoms with van der Waals surface area (Å²) >= 11 is 5.92. The zero-order valence-corrected chi connectivity index (χ0v) is 22.3. The van der Waals surface area contributed by atoms with Crippen LogP contribution in [-0.4, -0.2) is 21.3 Å². The summed E-state index contributed by atoms with van der Waals surface area (Å²) in [5.41, 5.74) is 9.33. The molecule has 5 nitrogen and oxygen atoms in total. The maximum absolute atomic E-state index is 5.92. The maximum atomic E-state index is 5.92. The van der Waals surface area contributed by atoms with Crippen molar-refractivity contribution in [3.05, 3.63) is 107 Å². The molecule has 2 aromatic heterocycles. The summed E-state index contributed by atoms with van der Waals surface area (Å²) < 4.78 is 8.05. The van der Waals surface area contributed by atoms with Gasteiger partial charge in [-0.3, -0.25) is 4.98 Å². The molecule has 1 N–H and O–H groups in total. The van der Waals surface area contributed by atoms with Gasteiger partial charge in [0, 0.05) is 29.0 Å². The second-order valence-electron chi connectivity index (χ2n) is 9.38. The summed E-state index contributed by atoms with van der Waals surface area (Å²) in [6.45, 7) is 11.3. The van der Waals surface area contributed by atoms with Crippen LogP contribution in [0.25, 0.3) is 5.69 Å². The van der Waals surface area contributed by atoms with Gasteiger partial charge in [-0.25, -0.2) is 0 Å². The molecule has 2 aromatic carbocycles. The summed E-state index contributed by atoms with van der Waals surface area (Å²) in [5.74, 6) is 0.852. The van der Waals surface area contributed by atoms with Gasteiger partial charge in [-0.15, -0.1) is 0 Å². The van der Waals surface area contributed by atoms with Gasteiger partial charge in [-0.05, 0) is 112 Å². The lowest BCUT2D eigenvalue weighted by molar-refractivity contribution is 0.340. The highest BCUT2D eigenvalue weighted by Crippen LogP contribution is 2.44. The Bertz CT molecular complexity index is 1390. The molecule has 0 radical (unpaired) electrons. The van der Waals surface area contributed by atoms with Gasteiger partial charge >= 0.3 is 0 Å². The van der Waals surface area contributed by atoms with Crippen molar-refractivity contribution in [2.75, 3.05) is 11.5 Å². The Morgan fingerprint density at radius 3 is 2.44 bits per heavy atom. The van der Waals surface area contributed by atoms with Crippen LogP contribution in [0.4, 0.5) is 5.69 Å². The van der Waals surface area contributed by atoms with Crippen LogP contribution >= 0.6 is 12.2 Å². The van der Waals surface area contributed by atoms with Gasteiger partial charge in [0.25, 0.3) is 0 Å². The van der Waals surface area contributed by atoms with Crippen molar-refractivity contribution < 1.29 is 4.74 Å². The lowest BCUT2D eigenvalue weighted by atomic mass is 9.96. The fourth-order valence-corrected chi connectivity index (χ4v) is 5.58. The smallest absolute Gasteiger partial charge is 0.174 e. The van der Waals surface area contributed by atoms with E-state index in [1.165, 1.54) is 33.8 Å². The SMILES string of the molecule is CCOc1ccc(N2C(=S)N[C@H](c3ccccn3)[C@H]2c2cc(C)n(-c3cc(C)ccc3C)c2C)cc1. The van der Waals surface area contributed by atoms with Crippen molar-refractivity contribution in [2.45, 2.75) is 46.7 Å². The minimum absolute atomic E-state index is 0.0598. The molecule has 0 unspecified atom stereocenters. The van der Waals surface area contributed by atoms with E-state index in [2.05, 4.69) is 84.9 Å². The van der Waals surface area contributed by atoms with Crippen LogP contribution in [0.15, 0.2) is 72.9 Å². The second kappa shape index (κ2) is 9.78. The largest absolute Gasteiger partial charge is 0.494 e. The normalized spacial score (nSPS) is 17.4. The first-order valence-corrected chi connectivity index (χ1v) is 12.8. The highest BCUT2D eigenvalue weighted by Gasteiger charge is 2.42. The predicted molar refractivity (Wildman–Crippen MR) is 150 cm³/mol. The van der Waals surface area contributed by atoms with Crippen LogP contribution in [0.3, 0.4) is 0 Å². The number of nitrogens with zero attached hydrogens (tertiary/aromatic N) is 3. The third kappa shape index (κ3) is 4.26. The average molecular weight is 497 g/mol.